The largest absolute Gasteiger partial charge is 0.379 e. The SMILES string of the molecule is COC1COCCC12COCCN2. The van der Waals surface area contributed by atoms with Crippen LogP contribution in [0.3, 0.4) is 0 Å². The number of hydrogen-bond acceptors (Lipinski definition) is 4. The molecule has 2 heterocycles. The van der Waals surface area contributed by atoms with E-state index in [0.29, 0.717) is 6.61 Å². The number of rotatable bonds is 1. The second kappa shape index (κ2) is 3.92. The van der Waals surface area contributed by atoms with Crippen molar-refractivity contribution < 1.29 is 14.2 Å². The molecule has 1 N–H and O–H groups in total. The normalized spacial score (nSPS) is 40.8. The van der Waals surface area contributed by atoms with Crippen molar-refractivity contribution in [2.45, 2.75) is 18.1 Å². The van der Waals surface area contributed by atoms with Crippen molar-refractivity contribution in [1.29, 1.82) is 0 Å². The fraction of sp³-hybridized carbons (Fsp3) is 1.00. The first-order valence-electron chi connectivity index (χ1n) is 4.81. The van der Waals surface area contributed by atoms with E-state index in [1.165, 1.54) is 0 Å². The van der Waals surface area contributed by atoms with Gasteiger partial charge >= 0.3 is 0 Å². The van der Waals surface area contributed by atoms with Crippen LogP contribution in [0.25, 0.3) is 0 Å². The Labute approximate surface area is 78.5 Å². The summed E-state index contributed by atoms with van der Waals surface area (Å²) in [5, 5.41) is 3.51. The average molecular weight is 187 g/mol. The maximum absolute atomic E-state index is 5.50. The van der Waals surface area contributed by atoms with E-state index in [2.05, 4.69) is 5.32 Å². The van der Waals surface area contributed by atoms with E-state index < -0.39 is 0 Å². The third-order valence-electron chi connectivity index (χ3n) is 2.95. The Morgan fingerprint density at radius 3 is 3.00 bits per heavy atom. The molecule has 2 unspecified atom stereocenters. The van der Waals surface area contributed by atoms with Gasteiger partial charge in [0.2, 0.25) is 0 Å². The van der Waals surface area contributed by atoms with Gasteiger partial charge in [-0.05, 0) is 6.42 Å². The number of hydrogen-bond donors (Lipinski definition) is 1. The van der Waals surface area contributed by atoms with Crippen LogP contribution in [0.15, 0.2) is 0 Å². The summed E-state index contributed by atoms with van der Waals surface area (Å²) < 4.78 is 16.3. The lowest BCUT2D eigenvalue weighted by atomic mass is 9.87. The fourth-order valence-electron chi connectivity index (χ4n) is 2.10. The highest BCUT2D eigenvalue weighted by molar-refractivity contribution is 4.99. The van der Waals surface area contributed by atoms with Gasteiger partial charge in [0.25, 0.3) is 0 Å². The molecule has 0 radical (unpaired) electrons. The summed E-state index contributed by atoms with van der Waals surface area (Å²) in [5.74, 6) is 0. The molecule has 2 aliphatic heterocycles. The standard InChI is InChI=1S/C9H17NO3/c1-11-8-6-12-4-2-9(8)7-13-5-3-10-9/h8,10H,2-7H2,1H3. The Hall–Kier alpha value is -0.160. The van der Waals surface area contributed by atoms with Crippen molar-refractivity contribution in [2.24, 2.45) is 0 Å². The summed E-state index contributed by atoms with van der Waals surface area (Å²) in [5.41, 5.74) is 0.00521. The molecule has 2 fully saturated rings. The molecule has 0 saturated carbocycles. The molecule has 0 bridgehead atoms. The highest BCUT2D eigenvalue weighted by Crippen LogP contribution is 2.25. The van der Waals surface area contributed by atoms with Crippen LogP contribution in [0.2, 0.25) is 0 Å². The van der Waals surface area contributed by atoms with Gasteiger partial charge in [0, 0.05) is 20.3 Å². The molecule has 0 aromatic heterocycles. The Bertz CT molecular complexity index is 160. The minimum Gasteiger partial charge on any atom is -0.379 e. The Balaban J connectivity index is 2.06. The molecular formula is C9H17NO3. The smallest absolute Gasteiger partial charge is 0.101 e. The quantitative estimate of drug-likeness (QED) is 0.616. The summed E-state index contributed by atoms with van der Waals surface area (Å²) in [6.45, 7) is 3.94. The first-order chi connectivity index (χ1) is 6.37. The zero-order chi connectivity index (χ0) is 9.15. The highest BCUT2D eigenvalue weighted by Gasteiger charge is 2.43. The van der Waals surface area contributed by atoms with Crippen LogP contribution >= 0.6 is 0 Å². The second-order valence-corrected chi connectivity index (χ2v) is 3.68. The van der Waals surface area contributed by atoms with Gasteiger partial charge in [-0.25, -0.2) is 0 Å². The third kappa shape index (κ3) is 1.72. The minimum atomic E-state index is 0.00521. The second-order valence-electron chi connectivity index (χ2n) is 3.68. The number of methoxy groups -OCH3 is 1. The van der Waals surface area contributed by atoms with E-state index >= 15 is 0 Å². The van der Waals surface area contributed by atoms with E-state index in [-0.39, 0.29) is 11.6 Å². The lowest BCUT2D eigenvalue weighted by molar-refractivity contribution is -0.128. The van der Waals surface area contributed by atoms with Crippen molar-refractivity contribution in [1.82, 2.24) is 5.32 Å². The van der Waals surface area contributed by atoms with E-state index in [4.69, 9.17) is 14.2 Å². The van der Waals surface area contributed by atoms with E-state index in [0.717, 1.165) is 32.8 Å². The Kier molecular flexibility index (Phi) is 2.83. The molecule has 2 aliphatic rings. The lowest BCUT2D eigenvalue weighted by Crippen LogP contribution is -2.65. The van der Waals surface area contributed by atoms with E-state index in [1.807, 2.05) is 0 Å². The van der Waals surface area contributed by atoms with Gasteiger partial charge in [0.05, 0.1) is 25.4 Å². The van der Waals surface area contributed by atoms with Crippen LogP contribution in [-0.4, -0.2) is 51.7 Å². The molecule has 0 aromatic rings. The lowest BCUT2D eigenvalue weighted by Gasteiger charge is -2.45. The summed E-state index contributed by atoms with van der Waals surface area (Å²) >= 11 is 0. The van der Waals surface area contributed by atoms with Crippen LogP contribution in [0.5, 0.6) is 0 Å². The molecule has 4 heteroatoms. The molecular weight excluding hydrogens is 170 g/mol. The van der Waals surface area contributed by atoms with Gasteiger partial charge < -0.3 is 19.5 Å². The van der Waals surface area contributed by atoms with Gasteiger partial charge in [-0.1, -0.05) is 0 Å². The first-order valence-corrected chi connectivity index (χ1v) is 4.81. The summed E-state index contributed by atoms with van der Waals surface area (Å²) in [4.78, 5) is 0. The monoisotopic (exact) mass is 187 g/mol. The van der Waals surface area contributed by atoms with Crippen molar-refractivity contribution in [3.05, 3.63) is 0 Å². The summed E-state index contributed by atoms with van der Waals surface area (Å²) in [6, 6.07) is 0. The van der Waals surface area contributed by atoms with Crippen LogP contribution in [-0.2, 0) is 14.2 Å². The van der Waals surface area contributed by atoms with Gasteiger partial charge in [0.1, 0.15) is 6.10 Å². The first kappa shape index (κ1) is 9.40. The molecule has 0 aliphatic carbocycles. The summed E-state index contributed by atoms with van der Waals surface area (Å²) in [7, 11) is 1.73. The van der Waals surface area contributed by atoms with Crippen LogP contribution in [0.4, 0.5) is 0 Å². The molecule has 13 heavy (non-hydrogen) atoms. The molecule has 2 saturated heterocycles. The molecule has 0 amide bonds. The number of morpholine rings is 1. The molecule has 0 aromatic carbocycles. The van der Waals surface area contributed by atoms with E-state index in [1.54, 1.807) is 7.11 Å². The molecule has 2 atom stereocenters. The molecule has 76 valence electrons. The number of ether oxygens (including phenoxy) is 3. The van der Waals surface area contributed by atoms with Crippen LogP contribution in [0.1, 0.15) is 6.42 Å². The Morgan fingerprint density at radius 1 is 1.38 bits per heavy atom. The molecule has 4 nitrogen and oxygen atoms in total. The van der Waals surface area contributed by atoms with Gasteiger partial charge in [-0.3, -0.25) is 0 Å². The maximum atomic E-state index is 5.50. The highest BCUT2D eigenvalue weighted by atomic mass is 16.5. The van der Waals surface area contributed by atoms with Gasteiger partial charge in [-0.2, -0.15) is 0 Å². The van der Waals surface area contributed by atoms with Crippen LogP contribution in [0, 0.1) is 0 Å². The van der Waals surface area contributed by atoms with Crippen molar-refractivity contribution in [2.75, 3.05) is 40.1 Å². The topological polar surface area (TPSA) is 39.7 Å². The zero-order valence-electron chi connectivity index (χ0n) is 8.04. The summed E-state index contributed by atoms with van der Waals surface area (Å²) in [6.07, 6.45) is 1.10. The fourth-order valence-corrected chi connectivity index (χ4v) is 2.10. The minimum absolute atomic E-state index is 0.00521. The van der Waals surface area contributed by atoms with Gasteiger partial charge in [0.15, 0.2) is 0 Å². The van der Waals surface area contributed by atoms with Crippen molar-refractivity contribution in [3.8, 4) is 0 Å². The molecule has 1 spiro atoms. The molecule has 2 rings (SSSR count). The van der Waals surface area contributed by atoms with Crippen LogP contribution < -0.4 is 5.32 Å². The van der Waals surface area contributed by atoms with Crippen molar-refractivity contribution in [3.63, 3.8) is 0 Å². The Morgan fingerprint density at radius 2 is 2.31 bits per heavy atom. The van der Waals surface area contributed by atoms with Crippen molar-refractivity contribution >= 4 is 0 Å². The predicted molar refractivity (Wildman–Crippen MR) is 47.8 cm³/mol. The zero-order valence-corrected chi connectivity index (χ0v) is 8.04. The number of nitrogens with one attached hydrogen (secondary N) is 1. The third-order valence-corrected chi connectivity index (χ3v) is 2.95. The predicted octanol–water partition coefficient (Wildman–Crippen LogP) is -0.220. The van der Waals surface area contributed by atoms with E-state index in [9.17, 15) is 0 Å². The average Bonchev–Trinajstić information content (AvgIpc) is 2.20. The van der Waals surface area contributed by atoms with Gasteiger partial charge in [-0.15, -0.1) is 0 Å². The maximum Gasteiger partial charge on any atom is 0.101 e.